The lowest BCUT2D eigenvalue weighted by Crippen LogP contribution is -2.11. The number of hydrogen-bond donors (Lipinski definition) is 1. The maximum absolute atomic E-state index is 4.53. The lowest BCUT2D eigenvalue weighted by atomic mass is 10.2. The van der Waals surface area contributed by atoms with Crippen LogP contribution < -0.4 is 5.32 Å². The molecule has 0 bridgehead atoms. The van der Waals surface area contributed by atoms with Gasteiger partial charge >= 0.3 is 0 Å². The van der Waals surface area contributed by atoms with Gasteiger partial charge in [0.1, 0.15) is 0 Å². The minimum atomic E-state index is 0.610. The molecule has 0 aliphatic heterocycles. The lowest BCUT2D eigenvalue weighted by Gasteiger charge is -2.07. The van der Waals surface area contributed by atoms with E-state index in [1.54, 1.807) is 4.68 Å². The Morgan fingerprint density at radius 3 is 2.84 bits per heavy atom. The average Bonchev–Trinajstić information content (AvgIpc) is 2.85. The van der Waals surface area contributed by atoms with Gasteiger partial charge in [-0.1, -0.05) is 18.2 Å². The van der Waals surface area contributed by atoms with Gasteiger partial charge < -0.3 is 5.32 Å². The number of fused-ring (bicyclic) bond motifs is 1. The molecule has 96 valence electrons. The van der Waals surface area contributed by atoms with E-state index in [-0.39, 0.29) is 0 Å². The molecule has 0 unspecified atom stereocenters. The minimum Gasteiger partial charge on any atom is -0.316 e. The number of nitrogens with one attached hydrogen (secondary N) is 1. The third kappa shape index (κ3) is 2.08. The summed E-state index contributed by atoms with van der Waals surface area (Å²) in [5.74, 6) is 0.610. The Bertz CT molecular complexity index is 717. The van der Waals surface area contributed by atoms with Crippen LogP contribution in [0.25, 0.3) is 16.9 Å². The molecule has 0 amide bonds. The van der Waals surface area contributed by atoms with Gasteiger partial charge in [0, 0.05) is 29.4 Å². The van der Waals surface area contributed by atoms with Crippen LogP contribution in [0.4, 0.5) is 0 Å². The monoisotopic (exact) mass is 253 g/mol. The number of para-hydroxylation sites is 1. The Morgan fingerprint density at radius 2 is 2.05 bits per heavy atom. The van der Waals surface area contributed by atoms with Crippen molar-refractivity contribution in [1.29, 1.82) is 0 Å². The van der Waals surface area contributed by atoms with Crippen molar-refractivity contribution in [2.75, 3.05) is 7.05 Å². The molecule has 0 aliphatic carbocycles. The van der Waals surface area contributed by atoms with Gasteiger partial charge in [-0.3, -0.25) is 0 Å². The molecular weight excluding hydrogens is 238 g/mol. The van der Waals surface area contributed by atoms with E-state index in [9.17, 15) is 0 Å². The highest BCUT2D eigenvalue weighted by Crippen LogP contribution is 2.16. The number of benzene rings is 1. The summed E-state index contributed by atoms with van der Waals surface area (Å²) in [6.45, 7) is 2.76. The zero-order chi connectivity index (χ0) is 13.2. The Labute approximate surface area is 111 Å². The van der Waals surface area contributed by atoms with E-state index < -0.39 is 0 Å². The number of aryl methyl sites for hydroxylation is 1. The van der Waals surface area contributed by atoms with E-state index in [4.69, 9.17) is 0 Å². The summed E-state index contributed by atoms with van der Waals surface area (Å²) in [5, 5.41) is 8.55. The molecular formula is C14H15N5. The fourth-order valence-corrected chi connectivity index (χ4v) is 2.08. The van der Waals surface area contributed by atoms with E-state index in [2.05, 4.69) is 20.4 Å². The van der Waals surface area contributed by atoms with Crippen LogP contribution in [0.5, 0.6) is 0 Å². The van der Waals surface area contributed by atoms with Crippen molar-refractivity contribution in [2.45, 2.75) is 13.5 Å². The molecule has 0 fully saturated rings. The van der Waals surface area contributed by atoms with Crippen molar-refractivity contribution < 1.29 is 0 Å². The molecule has 0 spiro atoms. The van der Waals surface area contributed by atoms with Crippen molar-refractivity contribution >= 4 is 10.9 Å². The molecule has 0 saturated heterocycles. The van der Waals surface area contributed by atoms with Crippen molar-refractivity contribution in [1.82, 2.24) is 25.1 Å². The van der Waals surface area contributed by atoms with Gasteiger partial charge in [-0.25, -0.2) is 9.97 Å². The summed E-state index contributed by atoms with van der Waals surface area (Å²) in [5.41, 5.74) is 3.09. The van der Waals surface area contributed by atoms with Crippen LogP contribution in [0.1, 0.15) is 11.3 Å². The van der Waals surface area contributed by atoms with Crippen LogP contribution in [-0.2, 0) is 6.54 Å². The molecule has 2 aromatic heterocycles. The Hall–Kier alpha value is -2.27. The summed E-state index contributed by atoms with van der Waals surface area (Å²) in [6.07, 6.45) is 3.68. The first-order valence-corrected chi connectivity index (χ1v) is 6.20. The molecule has 0 aliphatic rings. The summed E-state index contributed by atoms with van der Waals surface area (Å²) < 4.78 is 1.77. The van der Waals surface area contributed by atoms with Gasteiger partial charge in [-0.05, 0) is 20.0 Å². The maximum atomic E-state index is 4.53. The second kappa shape index (κ2) is 4.78. The normalized spacial score (nSPS) is 11.1. The molecule has 0 saturated carbocycles. The van der Waals surface area contributed by atoms with Crippen molar-refractivity contribution in [3.63, 3.8) is 0 Å². The van der Waals surface area contributed by atoms with Crippen molar-refractivity contribution in [3.8, 4) is 5.95 Å². The van der Waals surface area contributed by atoms with Crippen molar-refractivity contribution in [2.24, 2.45) is 0 Å². The molecule has 19 heavy (non-hydrogen) atoms. The zero-order valence-corrected chi connectivity index (χ0v) is 11.0. The maximum Gasteiger partial charge on any atom is 0.251 e. The third-order valence-corrected chi connectivity index (χ3v) is 3.10. The van der Waals surface area contributed by atoms with Gasteiger partial charge in [0.05, 0.1) is 11.7 Å². The Kier molecular flexibility index (Phi) is 2.97. The smallest absolute Gasteiger partial charge is 0.251 e. The standard InChI is InChI=1S/C14H15N5/c1-10-12(7-15-2)8-16-14(18-10)19-13-6-4-3-5-11(13)9-17-19/h3-6,8-9,15H,7H2,1-2H3. The number of hydrogen-bond acceptors (Lipinski definition) is 4. The highest BCUT2D eigenvalue weighted by atomic mass is 15.3. The second-order valence-corrected chi connectivity index (χ2v) is 4.43. The number of rotatable bonds is 3. The first-order valence-electron chi connectivity index (χ1n) is 6.20. The molecule has 3 aromatic rings. The van der Waals surface area contributed by atoms with E-state index in [1.165, 1.54) is 0 Å². The average molecular weight is 253 g/mol. The fourth-order valence-electron chi connectivity index (χ4n) is 2.08. The molecule has 1 N–H and O–H groups in total. The van der Waals surface area contributed by atoms with Gasteiger partial charge in [0.15, 0.2) is 0 Å². The molecule has 3 rings (SSSR count). The van der Waals surface area contributed by atoms with Crippen LogP contribution in [0, 0.1) is 6.92 Å². The molecule has 5 nitrogen and oxygen atoms in total. The largest absolute Gasteiger partial charge is 0.316 e. The van der Waals surface area contributed by atoms with Gasteiger partial charge in [-0.15, -0.1) is 0 Å². The number of aromatic nitrogens is 4. The van der Waals surface area contributed by atoms with Gasteiger partial charge in [0.2, 0.25) is 0 Å². The quantitative estimate of drug-likeness (QED) is 0.774. The predicted octanol–water partition coefficient (Wildman–Crippen LogP) is 1.84. The minimum absolute atomic E-state index is 0.610. The third-order valence-electron chi connectivity index (χ3n) is 3.10. The van der Waals surface area contributed by atoms with Crippen LogP contribution >= 0.6 is 0 Å². The molecule has 0 radical (unpaired) electrons. The Balaban J connectivity index is 2.09. The van der Waals surface area contributed by atoms with E-state index >= 15 is 0 Å². The van der Waals surface area contributed by atoms with Crippen LogP contribution in [0.2, 0.25) is 0 Å². The lowest BCUT2D eigenvalue weighted by molar-refractivity contribution is 0.772. The molecule has 5 heteroatoms. The SMILES string of the molecule is CNCc1cnc(-n2ncc3ccccc32)nc1C. The van der Waals surface area contributed by atoms with Gasteiger partial charge in [-0.2, -0.15) is 9.78 Å². The second-order valence-electron chi connectivity index (χ2n) is 4.43. The summed E-state index contributed by atoms with van der Waals surface area (Å²) in [4.78, 5) is 8.93. The molecule has 2 heterocycles. The highest BCUT2D eigenvalue weighted by Gasteiger charge is 2.08. The topological polar surface area (TPSA) is 55.6 Å². The zero-order valence-electron chi connectivity index (χ0n) is 11.0. The van der Waals surface area contributed by atoms with Crippen molar-refractivity contribution in [3.05, 3.63) is 47.9 Å². The van der Waals surface area contributed by atoms with Crippen LogP contribution in [0.3, 0.4) is 0 Å². The highest BCUT2D eigenvalue weighted by molar-refractivity contribution is 5.79. The summed E-state index contributed by atoms with van der Waals surface area (Å²) >= 11 is 0. The predicted molar refractivity (Wildman–Crippen MR) is 74.2 cm³/mol. The molecule has 0 atom stereocenters. The summed E-state index contributed by atoms with van der Waals surface area (Å²) in [6, 6.07) is 8.03. The Morgan fingerprint density at radius 1 is 1.21 bits per heavy atom. The van der Waals surface area contributed by atoms with E-state index in [0.29, 0.717) is 5.95 Å². The van der Waals surface area contributed by atoms with E-state index in [0.717, 1.165) is 28.7 Å². The van der Waals surface area contributed by atoms with Crippen LogP contribution in [0.15, 0.2) is 36.7 Å². The first kappa shape index (κ1) is 11.8. The van der Waals surface area contributed by atoms with Gasteiger partial charge in [0.25, 0.3) is 5.95 Å². The number of nitrogens with zero attached hydrogens (tertiary/aromatic N) is 4. The summed E-state index contributed by atoms with van der Waals surface area (Å²) in [7, 11) is 1.91. The molecule has 1 aromatic carbocycles. The fraction of sp³-hybridized carbons (Fsp3) is 0.214. The van der Waals surface area contributed by atoms with E-state index in [1.807, 2.05) is 50.6 Å². The van der Waals surface area contributed by atoms with Crippen LogP contribution in [-0.4, -0.2) is 26.8 Å². The first-order chi connectivity index (χ1) is 9.29.